The van der Waals surface area contributed by atoms with E-state index in [0.717, 1.165) is 32.5 Å². The van der Waals surface area contributed by atoms with Gasteiger partial charge in [-0.1, -0.05) is 6.92 Å². The van der Waals surface area contributed by atoms with E-state index >= 15 is 0 Å². The zero-order chi connectivity index (χ0) is 18.2. The number of carbonyl (C=O) groups excluding carboxylic acids is 2. The van der Waals surface area contributed by atoms with Crippen LogP contribution < -0.4 is 5.32 Å². The van der Waals surface area contributed by atoms with E-state index in [-0.39, 0.29) is 18.5 Å². The van der Waals surface area contributed by atoms with Crippen LogP contribution in [0.5, 0.6) is 0 Å². The van der Waals surface area contributed by atoms with Gasteiger partial charge in [0.05, 0.1) is 6.04 Å². The monoisotopic (exact) mass is 376 g/mol. The number of fused-ring (bicyclic) bond motifs is 2. The van der Waals surface area contributed by atoms with Gasteiger partial charge in [0.25, 0.3) is 0 Å². The molecule has 142 valence electrons. The molecule has 3 aliphatic rings. The summed E-state index contributed by atoms with van der Waals surface area (Å²) < 4.78 is 34.9. The maximum atomic E-state index is 12.6. The molecule has 3 aliphatic heterocycles. The number of nitrogens with one attached hydrogen (secondary N) is 1. The summed E-state index contributed by atoms with van der Waals surface area (Å²) >= 11 is 0. The minimum Gasteiger partial charge on any atom is -0.351 e. The van der Waals surface area contributed by atoms with Crippen LogP contribution in [-0.2, 0) is 19.5 Å². The fourth-order valence-electron chi connectivity index (χ4n) is 3.80. The predicted molar refractivity (Wildman–Crippen MR) is 86.7 cm³/mol. The minimum absolute atomic E-state index is 0.0934. The van der Waals surface area contributed by atoms with Crippen molar-refractivity contribution in [1.82, 2.24) is 20.2 Å². The number of carbonyl (C=O) groups is 2. The molecule has 0 saturated carbocycles. The summed E-state index contributed by atoms with van der Waals surface area (Å²) in [7, 11) is -4.77. The number of likely N-dealkylation sites (tertiary alicyclic amines) is 1. The van der Waals surface area contributed by atoms with Gasteiger partial charge in [-0.2, -0.15) is 13.5 Å². The molecule has 11 heteroatoms. The molecule has 2 bridgehead atoms. The van der Waals surface area contributed by atoms with Crippen molar-refractivity contribution in [2.45, 2.75) is 50.7 Å². The Hall–Kier alpha value is -1.43. The molecule has 0 unspecified atom stereocenters. The molecule has 0 aliphatic carbocycles. The highest BCUT2D eigenvalue weighted by molar-refractivity contribution is 7.80. The van der Waals surface area contributed by atoms with Gasteiger partial charge in [-0.3, -0.25) is 9.35 Å². The minimum atomic E-state index is -4.77. The molecule has 0 radical (unpaired) electrons. The normalized spacial score (nSPS) is 28.5. The van der Waals surface area contributed by atoms with E-state index in [1.54, 1.807) is 0 Å². The second-order valence-corrected chi connectivity index (χ2v) is 7.73. The van der Waals surface area contributed by atoms with Crippen LogP contribution in [0.1, 0.15) is 32.6 Å². The smallest absolute Gasteiger partial charge is 0.351 e. The van der Waals surface area contributed by atoms with Crippen LogP contribution in [0, 0.1) is 0 Å². The van der Waals surface area contributed by atoms with Crippen molar-refractivity contribution in [2.75, 3.05) is 26.2 Å². The van der Waals surface area contributed by atoms with Crippen LogP contribution in [0.2, 0.25) is 0 Å². The average Bonchev–Trinajstić information content (AvgIpc) is 2.79. The quantitative estimate of drug-likeness (QED) is 0.626. The summed E-state index contributed by atoms with van der Waals surface area (Å²) in [5.41, 5.74) is 0. The van der Waals surface area contributed by atoms with Crippen molar-refractivity contribution in [3.05, 3.63) is 0 Å². The first-order chi connectivity index (χ1) is 11.8. The summed E-state index contributed by atoms with van der Waals surface area (Å²) in [5.74, 6) is -0.213. The first-order valence-corrected chi connectivity index (χ1v) is 9.94. The van der Waals surface area contributed by atoms with Gasteiger partial charge in [-0.25, -0.2) is 4.79 Å². The Kier molecular flexibility index (Phi) is 5.19. The lowest BCUT2D eigenvalue weighted by Gasteiger charge is -2.34. The van der Waals surface area contributed by atoms with Crippen LogP contribution >= 0.6 is 0 Å². The molecule has 3 saturated heterocycles. The lowest BCUT2D eigenvalue weighted by Crippen LogP contribution is -2.53. The van der Waals surface area contributed by atoms with Crippen molar-refractivity contribution in [3.63, 3.8) is 0 Å². The number of nitrogens with zero attached hydrogens (tertiary/aromatic N) is 3. The Morgan fingerprint density at radius 3 is 2.56 bits per heavy atom. The topological polar surface area (TPSA) is 119 Å². The van der Waals surface area contributed by atoms with Gasteiger partial charge < -0.3 is 15.1 Å². The highest BCUT2D eigenvalue weighted by atomic mass is 32.3. The van der Waals surface area contributed by atoms with Crippen LogP contribution in [0.15, 0.2) is 0 Å². The number of piperidine rings is 2. The number of rotatable bonds is 5. The van der Waals surface area contributed by atoms with Crippen LogP contribution in [0.3, 0.4) is 0 Å². The maximum Gasteiger partial charge on any atom is 0.418 e. The van der Waals surface area contributed by atoms with Gasteiger partial charge in [0.2, 0.25) is 5.91 Å². The van der Waals surface area contributed by atoms with Crippen molar-refractivity contribution >= 4 is 22.3 Å². The number of hydroxylamine groups is 2. The van der Waals surface area contributed by atoms with E-state index < -0.39 is 28.5 Å². The van der Waals surface area contributed by atoms with Crippen LogP contribution in [-0.4, -0.2) is 84.1 Å². The van der Waals surface area contributed by atoms with Gasteiger partial charge in [0, 0.05) is 25.7 Å². The number of hydrogen-bond donors (Lipinski definition) is 2. The third-order valence-corrected chi connectivity index (χ3v) is 5.53. The van der Waals surface area contributed by atoms with Gasteiger partial charge >= 0.3 is 16.4 Å². The van der Waals surface area contributed by atoms with Gasteiger partial charge in [0.15, 0.2) is 0 Å². The summed E-state index contributed by atoms with van der Waals surface area (Å²) in [6.07, 6.45) is 2.62. The molecule has 0 aromatic heterocycles. The third-order valence-electron chi connectivity index (χ3n) is 5.18. The van der Waals surface area contributed by atoms with Crippen LogP contribution in [0.4, 0.5) is 4.79 Å². The van der Waals surface area contributed by atoms with E-state index in [4.69, 9.17) is 4.55 Å². The Morgan fingerprint density at radius 1 is 1.28 bits per heavy atom. The van der Waals surface area contributed by atoms with E-state index in [9.17, 15) is 18.0 Å². The highest BCUT2D eigenvalue weighted by Gasteiger charge is 2.49. The molecular weight excluding hydrogens is 352 g/mol. The largest absolute Gasteiger partial charge is 0.418 e. The van der Waals surface area contributed by atoms with Gasteiger partial charge in [-0.05, 0) is 32.2 Å². The van der Waals surface area contributed by atoms with Crippen LogP contribution in [0.25, 0.3) is 0 Å². The SMILES string of the molecule is CCN1CCC(NC(=O)[C@@H]2CC[C@@H]3CN2C(=O)N3OS(=O)(=O)O)CC1. The summed E-state index contributed by atoms with van der Waals surface area (Å²) in [6, 6.07) is -1.73. The first-order valence-electron chi connectivity index (χ1n) is 8.58. The Bertz CT molecular complexity index is 633. The Balaban J connectivity index is 1.59. The molecule has 2 N–H and O–H groups in total. The zero-order valence-electron chi connectivity index (χ0n) is 14.1. The second kappa shape index (κ2) is 7.06. The van der Waals surface area contributed by atoms with Crippen molar-refractivity contribution in [1.29, 1.82) is 0 Å². The molecule has 3 fully saturated rings. The molecule has 3 heterocycles. The fraction of sp³-hybridized carbons (Fsp3) is 0.857. The maximum absolute atomic E-state index is 12.6. The molecule has 0 spiro atoms. The molecule has 10 nitrogen and oxygen atoms in total. The lowest BCUT2D eigenvalue weighted by atomic mass is 9.99. The first kappa shape index (κ1) is 18.4. The third kappa shape index (κ3) is 4.05. The molecule has 0 aromatic rings. The Morgan fingerprint density at radius 2 is 1.96 bits per heavy atom. The number of hydrogen-bond acceptors (Lipinski definition) is 6. The van der Waals surface area contributed by atoms with Crippen molar-refractivity contribution in [3.8, 4) is 0 Å². The van der Waals surface area contributed by atoms with Crippen molar-refractivity contribution in [2.24, 2.45) is 0 Å². The summed E-state index contributed by atoms with van der Waals surface area (Å²) in [5, 5.41) is 3.67. The molecule has 25 heavy (non-hydrogen) atoms. The second-order valence-electron chi connectivity index (χ2n) is 6.73. The Labute approximate surface area is 147 Å². The van der Waals surface area contributed by atoms with E-state index in [1.807, 2.05) is 0 Å². The van der Waals surface area contributed by atoms with Gasteiger partial charge in [0.1, 0.15) is 6.04 Å². The summed E-state index contributed by atoms with van der Waals surface area (Å²) in [4.78, 5) is 28.6. The van der Waals surface area contributed by atoms with E-state index in [0.29, 0.717) is 17.9 Å². The number of amides is 3. The molecule has 0 aromatic carbocycles. The molecule has 3 rings (SSSR count). The molecular formula is C14H24N4O6S. The predicted octanol–water partition coefficient (Wildman–Crippen LogP) is -0.410. The van der Waals surface area contributed by atoms with E-state index in [1.165, 1.54) is 4.90 Å². The lowest BCUT2D eigenvalue weighted by molar-refractivity contribution is -0.127. The molecule has 2 atom stereocenters. The number of urea groups is 1. The molecule has 3 amide bonds. The van der Waals surface area contributed by atoms with Crippen molar-refractivity contribution < 1.29 is 26.8 Å². The fourth-order valence-corrected chi connectivity index (χ4v) is 4.18. The highest BCUT2D eigenvalue weighted by Crippen LogP contribution is 2.30. The summed E-state index contributed by atoms with van der Waals surface area (Å²) in [6.45, 7) is 5.19. The van der Waals surface area contributed by atoms with Gasteiger partial charge in [-0.15, -0.1) is 4.28 Å². The van der Waals surface area contributed by atoms with E-state index in [2.05, 4.69) is 21.4 Å². The zero-order valence-corrected chi connectivity index (χ0v) is 14.9. The standard InChI is InChI=1S/C14H24N4O6S/c1-2-16-7-5-10(6-8-16)15-13(19)12-4-3-11-9-17(12)14(20)18(11)24-25(21,22)23/h10-12H,2-9H2,1H3,(H,15,19)(H,21,22,23)/t11-,12+/m1/s1. The average molecular weight is 376 g/mol.